The number of aryl methyl sites for hydroxylation is 2. The van der Waals surface area contributed by atoms with Crippen LogP contribution < -0.4 is 0 Å². The van der Waals surface area contributed by atoms with Gasteiger partial charge in [-0.3, -0.25) is 9.67 Å². The summed E-state index contributed by atoms with van der Waals surface area (Å²) >= 11 is 0. The monoisotopic (exact) mass is 300 g/mol. The Labute approximate surface area is 134 Å². The normalized spacial score (nSPS) is 11.6. The van der Waals surface area contributed by atoms with Crippen LogP contribution in [0.4, 0.5) is 0 Å². The predicted octanol–water partition coefficient (Wildman–Crippen LogP) is 3.54. The van der Waals surface area contributed by atoms with Crippen LogP contribution >= 0.6 is 0 Å². The van der Waals surface area contributed by atoms with Crippen LogP contribution in [-0.4, -0.2) is 33.3 Å². The zero-order valence-electron chi connectivity index (χ0n) is 14.5. The smallest absolute Gasteiger partial charge is 0.0641 e. The zero-order valence-corrected chi connectivity index (χ0v) is 14.5. The predicted molar refractivity (Wildman–Crippen MR) is 91.0 cm³/mol. The van der Waals surface area contributed by atoms with Crippen LogP contribution in [0.1, 0.15) is 48.8 Å². The topological polar surface area (TPSA) is 34.0 Å². The molecule has 4 heteroatoms. The first-order valence-corrected chi connectivity index (χ1v) is 8.11. The van der Waals surface area contributed by atoms with Crippen LogP contribution in [0, 0.1) is 13.8 Å². The van der Waals surface area contributed by atoms with E-state index in [4.69, 9.17) is 0 Å². The Hall–Kier alpha value is -1.68. The van der Waals surface area contributed by atoms with E-state index in [-0.39, 0.29) is 0 Å². The molecule has 2 aromatic rings. The van der Waals surface area contributed by atoms with Gasteiger partial charge in [0.25, 0.3) is 0 Å². The van der Waals surface area contributed by atoms with Crippen molar-refractivity contribution in [2.45, 2.75) is 53.1 Å². The van der Waals surface area contributed by atoms with Crippen molar-refractivity contribution in [3.05, 3.63) is 47.0 Å². The molecule has 0 atom stereocenters. The fraction of sp³-hybridized carbons (Fsp3) is 0.556. The summed E-state index contributed by atoms with van der Waals surface area (Å²) in [5.41, 5.74) is 5.14. The third-order valence-electron chi connectivity index (χ3n) is 4.12. The minimum atomic E-state index is 0.420. The molecule has 22 heavy (non-hydrogen) atoms. The molecule has 0 N–H and O–H groups in total. The standard InChI is InChI=1S/C18H28N4/c1-14(2)22-16(4)18(15(3)20-22)13-21(5)11-7-9-17-8-6-10-19-12-17/h6,8,10,12,14H,7,9,11,13H2,1-5H3. The summed E-state index contributed by atoms with van der Waals surface area (Å²) in [5.74, 6) is 0. The third kappa shape index (κ3) is 4.17. The maximum Gasteiger partial charge on any atom is 0.0641 e. The van der Waals surface area contributed by atoms with E-state index in [2.05, 4.69) is 60.5 Å². The van der Waals surface area contributed by atoms with Gasteiger partial charge >= 0.3 is 0 Å². The van der Waals surface area contributed by atoms with Gasteiger partial charge in [-0.25, -0.2) is 0 Å². The second-order valence-corrected chi connectivity index (χ2v) is 6.39. The fourth-order valence-electron chi connectivity index (χ4n) is 2.88. The molecule has 0 aromatic carbocycles. The number of nitrogens with zero attached hydrogens (tertiary/aromatic N) is 4. The lowest BCUT2D eigenvalue weighted by Gasteiger charge is -2.17. The third-order valence-corrected chi connectivity index (χ3v) is 4.12. The van der Waals surface area contributed by atoms with Crippen LogP contribution in [-0.2, 0) is 13.0 Å². The summed E-state index contributed by atoms with van der Waals surface area (Å²) < 4.78 is 2.13. The second kappa shape index (κ2) is 7.54. The molecular weight excluding hydrogens is 272 g/mol. The molecule has 0 unspecified atom stereocenters. The largest absolute Gasteiger partial charge is 0.302 e. The molecule has 0 radical (unpaired) electrons. The molecule has 0 aliphatic carbocycles. The highest BCUT2D eigenvalue weighted by atomic mass is 15.3. The quantitative estimate of drug-likeness (QED) is 0.784. The van der Waals surface area contributed by atoms with E-state index in [9.17, 15) is 0 Å². The maximum absolute atomic E-state index is 4.67. The van der Waals surface area contributed by atoms with Crippen molar-refractivity contribution in [1.29, 1.82) is 0 Å². The highest BCUT2D eigenvalue weighted by molar-refractivity contribution is 5.24. The number of rotatable bonds is 7. The summed E-state index contributed by atoms with van der Waals surface area (Å²) in [6.45, 7) is 10.7. The molecule has 0 fully saturated rings. The van der Waals surface area contributed by atoms with Crippen molar-refractivity contribution < 1.29 is 0 Å². The highest BCUT2D eigenvalue weighted by Crippen LogP contribution is 2.18. The Morgan fingerprint density at radius 3 is 2.64 bits per heavy atom. The molecule has 2 heterocycles. The molecule has 0 aliphatic heterocycles. The number of aromatic nitrogens is 3. The molecule has 0 amide bonds. The van der Waals surface area contributed by atoms with Crippen molar-refractivity contribution in [2.24, 2.45) is 0 Å². The van der Waals surface area contributed by atoms with Gasteiger partial charge in [-0.1, -0.05) is 6.07 Å². The summed E-state index contributed by atoms with van der Waals surface area (Å²) in [7, 11) is 2.19. The van der Waals surface area contributed by atoms with Crippen LogP contribution in [0.2, 0.25) is 0 Å². The van der Waals surface area contributed by atoms with Crippen molar-refractivity contribution in [3.8, 4) is 0 Å². The van der Waals surface area contributed by atoms with Crippen LogP contribution in [0.3, 0.4) is 0 Å². The zero-order chi connectivity index (χ0) is 16.1. The number of hydrogen-bond donors (Lipinski definition) is 0. The lowest BCUT2D eigenvalue weighted by Crippen LogP contribution is -2.20. The Bertz CT molecular complexity index is 587. The van der Waals surface area contributed by atoms with E-state index in [1.807, 2.05) is 18.5 Å². The molecule has 0 spiro atoms. The summed E-state index contributed by atoms with van der Waals surface area (Å²) in [6.07, 6.45) is 6.02. The Kier molecular flexibility index (Phi) is 5.72. The van der Waals surface area contributed by atoms with Gasteiger partial charge in [0.2, 0.25) is 0 Å². The Morgan fingerprint density at radius 2 is 2.05 bits per heavy atom. The first-order chi connectivity index (χ1) is 10.5. The van der Waals surface area contributed by atoms with Crippen LogP contribution in [0.15, 0.2) is 24.5 Å². The average molecular weight is 300 g/mol. The first kappa shape index (κ1) is 16.7. The molecule has 0 saturated carbocycles. The SMILES string of the molecule is Cc1nn(C(C)C)c(C)c1CN(C)CCCc1cccnc1. The molecule has 4 nitrogen and oxygen atoms in total. The summed E-state index contributed by atoms with van der Waals surface area (Å²) in [6, 6.07) is 4.57. The van der Waals surface area contributed by atoms with E-state index in [0.717, 1.165) is 31.6 Å². The molecule has 0 aliphatic rings. The lowest BCUT2D eigenvalue weighted by atomic mass is 10.1. The van der Waals surface area contributed by atoms with E-state index in [0.29, 0.717) is 6.04 Å². The fourth-order valence-corrected chi connectivity index (χ4v) is 2.88. The van der Waals surface area contributed by atoms with Crippen molar-refractivity contribution in [3.63, 3.8) is 0 Å². The lowest BCUT2D eigenvalue weighted by molar-refractivity contribution is 0.320. The van der Waals surface area contributed by atoms with Gasteiger partial charge in [-0.15, -0.1) is 0 Å². The van der Waals surface area contributed by atoms with Gasteiger partial charge in [-0.2, -0.15) is 5.10 Å². The maximum atomic E-state index is 4.67. The second-order valence-electron chi connectivity index (χ2n) is 6.39. The summed E-state index contributed by atoms with van der Waals surface area (Å²) in [4.78, 5) is 6.55. The Balaban J connectivity index is 1.88. The van der Waals surface area contributed by atoms with Crippen molar-refractivity contribution in [2.75, 3.05) is 13.6 Å². The van der Waals surface area contributed by atoms with Gasteiger partial charge in [0.05, 0.1) is 5.69 Å². The average Bonchev–Trinajstić information content (AvgIpc) is 2.76. The minimum Gasteiger partial charge on any atom is -0.302 e. The number of pyridine rings is 1. The van der Waals surface area contributed by atoms with E-state index >= 15 is 0 Å². The van der Waals surface area contributed by atoms with Gasteiger partial charge in [-0.05, 0) is 65.8 Å². The van der Waals surface area contributed by atoms with Gasteiger partial charge in [0, 0.05) is 36.2 Å². The highest BCUT2D eigenvalue weighted by Gasteiger charge is 2.14. The molecule has 0 bridgehead atoms. The van der Waals surface area contributed by atoms with E-state index in [1.165, 1.54) is 16.8 Å². The number of hydrogen-bond acceptors (Lipinski definition) is 3. The van der Waals surface area contributed by atoms with Crippen LogP contribution in [0.25, 0.3) is 0 Å². The molecule has 120 valence electrons. The first-order valence-electron chi connectivity index (χ1n) is 8.11. The van der Waals surface area contributed by atoms with Gasteiger partial charge < -0.3 is 4.90 Å². The molecule has 2 aromatic heterocycles. The van der Waals surface area contributed by atoms with Crippen molar-refractivity contribution >= 4 is 0 Å². The summed E-state index contributed by atoms with van der Waals surface area (Å²) in [5, 5.41) is 4.67. The van der Waals surface area contributed by atoms with Crippen LogP contribution in [0.5, 0.6) is 0 Å². The minimum absolute atomic E-state index is 0.420. The molecule has 2 rings (SSSR count). The van der Waals surface area contributed by atoms with Gasteiger partial charge in [0.1, 0.15) is 0 Å². The van der Waals surface area contributed by atoms with E-state index in [1.54, 1.807) is 0 Å². The van der Waals surface area contributed by atoms with Crippen molar-refractivity contribution in [1.82, 2.24) is 19.7 Å². The van der Waals surface area contributed by atoms with Gasteiger partial charge in [0.15, 0.2) is 0 Å². The Morgan fingerprint density at radius 1 is 1.27 bits per heavy atom. The molecule has 0 saturated heterocycles. The molecular formula is C18H28N4. The van der Waals surface area contributed by atoms with E-state index < -0.39 is 0 Å².